The molecule has 4 aromatic rings. The third kappa shape index (κ3) is 3.36. The Kier molecular flexibility index (Phi) is 4.95. The predicted octanol–water partition coefficient (Wildman–Crippen LogP) is 6.24. The van der Waals surface area contributed by atoms with Gasteiger partial charge < -0.3 is 10.1 Å². The van der Waals surface area contributed by atoms with Gasteiger partial charge in [0.1, 0.15) is 0 Å². The number of nitrogens with one attached hydrogen (secondary N) is 1. The van der Waals surface area contributed by atoms with Gasteiger partial charge in [0.2, 0.25) is 0 Å². The first kappa shape index (κ1) is 19.4. The van der Waals surface area contributed by atoms with Gasteiger partial charge in [0, 0.05) is 11.6 Å². The zero-order valence-electron chi connectivity index (χ0n) is 17.7. The van der Waals surface area contributed by atoms with Gasteiger partial charge in [-0.05, 0) is 46.0 Å². The number of aryl methyl sites for hydroxylation is 1. The molecular formula is C28H25NO2. The van der Waals surface area contributed by atoms with Gasteiger partial charge in [0.15, 0.2) is 0 Å². The van der Waals surface area contributed by atoms with Crippen molar-refractivity contribution in [3.63, 3.8) is 0 Å². The van der Waals surface area contributed by atoms with Gasteiger partial charge in [-0.25, -0.2) is 0 Å². The number of fused-ring (bicyclic) bond motifs is 2. The summed E-state index contributed by atoms with van der Waals surface area (Å²) in [4.78, 5) is 13.3. The molecule has 0 bridgehead atoms. The molecule has 0 saturated carbocycles. The molecule has 1 aliphatic heterocycles. The normalized spacial score (nSPS) is 20.0. The fourth-order valence-corrected chi connectivity index (χ4v) is 4.98. The van der Waals surface area contributed by atoms with Crippen LogP contribution >= 0.6 is 0 Å². The van der Waals surface area contributed by atoms with Gasteiger partial charge in [-0.1, -0.05) is 84.9 Å². The van der Waals surface area contributed by atoms with Crippen molar-refractivity contribution >= 4 is 22.4 Å². The van der Waals surface area contributed by atoms with Crippen molar-refractivity contribution in [1.29, 1.82) is 0 Å². The Bertz CT molecular complexity index is 1250. The summed E-state index contributed by atoms with van der Waals surface area (Å²) in [5.41, 5.74) is 5.62. The summed E-state index contributed by atoms with van der Waals surface area (Å²) in [7, 11) is 1.48. The maximum Gasteiger partial charge on any atom is 0.312 e. The Hall–Kier alpha value is -3.59. The molecule has 5 rings (SSSR count). The molecule has 0 aromatic heterocycles. The largest absolute Gasteiger partial charge is 0.469 e. The molecule has 154 valence electrons. The van der Waals surface area contributed by atoms with E-state index in [1.807, 2.05) is 18.2 Å². The molecule has 0 spiro atoms. The molecule has 1 N–H and O–H groups in total. The summed E-state index contributed by atoms with van der Waals surface area (Å²) in [6, 6.07) is 31.2. The van der Waals surface area contributed by atoms with Crippen molar-refractivity contribution in [2.75, 3.05) is 12.4 Å². The smallest absolute Gasteiger partial charge is 0.312 e. The highest BCUT2D eigenvalue weighted by Crippen LogP contribution is 2.49. The fourth-order valence-electron chi connectivity index (χ4n) is 4.98. The molecule has 0 aliphatic carbocycles. The first-order chi connectivity index (χ1) is 15.2. The van der Waals surface area contributed by atoms with Crippen LogP contribution in [-0.2, 0) is 9.53 Å². The zero-order chi connectivity index (χ0) is 21.4. The molecule has 0 saturated heterocycles. The van der Waals surface area contributed by atoms with Crippen LogP contribution in [0, 0.1) is 12.8 Å². The number of carbonyl (C=O) groups is 1. The summed E-state index contributed by atoms with van der Waals surface area (Å²) in [5, 5.41) is 6.02. The Labute approximate surface area is 182 Å². The van der Waals surface area contributed by atoms with Crippen molar-refractivity contribution in [2.24, 2.45) is 5.92 Å². The van der Waals surface area contributed by atoms with E-state index in [0.717, 1.165) is 16.8 Å². The lowest BCUT2D eigenvalue weighted by Gasteiger charge is -2.40. The Morgan fingerprint density at radius 2 is 1.55 bits per heavy atom. The lowest BCUT2D eigenvalue weighted by molar-refractivity contribution is -0.146. The number of hydrogen-bond acceptors (Lipinski definition) is 3. The van der Waals surface area contributed by atoms with Crippen LogP contribution in [0.15, 0.2) is 91.0 Å². The number of methoxy groups -OCH3 is 1. The summed E-state index contributed by atoms with van der Waals surface area (Å²) in [6.45, 7) is 2.12. The van der Waals surface area contributed by atoms with Crippen molar-refractivity contribution < 1.29 is 9.53 Å². The van der Waals surface area contributed by atoms with Crippen molar-refractivity contribution in [3.8, 4) is 0 Å². The van der Waals surface area contributed by atoms with Gasteiger partial charge in [-0.3, -0.25) is 4.79 Å². The lowest BCUT2D eigenvalue weighted by Crippen LogP contribution is -2.38. The molecule has 3 atom stereocenters. The predicted molar refractivity (Wildman–Crippen MR) is 125 cm³/mol. The molecule has 1 heterocycles. The first-order valence-corrected chi connectivity index (χ1v) is 10.6. The summed E-state index contributed by atoms with van der Waals surface area (Å²) < 4.78 is 5.36. The molecule has 0 fully saturated rings. The van der Waals surface area contributed by atoms with E-state index in [4.69, 9.17) is 4.74 Å². The molecule has 0 radical (unpaired) electrons. The molecule has 4 aromatic carbocycles. The third-order valence-corrected chi connectivity index (χ3v) is 6.43. The Morgan fingerprint density at radius 1 is 0.806 bits per heavy atom. The number of ether oxygens (including phenoxy) is 1. The highest BCUT2D eigenvalue weighted by atomic mass is 16.5. The molecule has 0 amide bonds. The van der Waals surface area contributed by atoms with Crippen molar-refractivity contribution in [1.82, 2.24) is 0 Å². The van der Waals surface area contributed by atoms with E-state index < -0.39 is 0 Å². The molecule has 0 unspecified atom stereocenters. The molecule has 1 aliphatic rings. The monoisotopic (exact) mass is 407 g/mol. The van der Waals surface area contributed by atoms with E-state index in [9.17, 15) is 4.79 Å². The number of carbonyl (C=O) groups excluding carboxylic acids is 1. The quantitative estimate of drug-likeness (QED) is 0.409. The SMILES string of the molecule is COC(=O)[C@H]1[C@H](c2ccc3ccccc3c2)c2c(C)cccc2N[C@H]1c1ccccc1. The zero-order valence-corrected chi connectivity index (χ0v) is 17.7. The Balaban J connectivity index is 1.76. The lowest BCUT2D eigenvalue weighted by atomic mass is 9.70. The van der Waals surface area contributed by atoms with Gasteiger partial charge in [-0.2, -0.15) is 0 Å². The molecular weight excluding hydrogens is 382 g/mol. The van der Waals surface area contributed by atoms with E-state index in [2.05, 4.69) is 85.0 Å². The second-order valence-electron chi connectivity index (χ2n) is 8.20. The van der Waals surface area contributed by atoms with Crippen LogP contribution in [0.1, 0.15) is 34.2 Å². The first-order valence-electron chi connectivity index (χ1n) is 10.6. The van der Waals surface area contributed by atoms with Crippen LogP contribution in [0.2, 0.25) is 0 Å². The second-order valence-corrected chi connectivity index (χ2v) is 8.20. The number of esters is 1. The Morgan fingerprint density at radius 3 is 2.32 bits per heavy atom. The van der Waals surface area contributed by atoms with Crippen LogP contribution in [-0.4, -0.2) is 13.1 Å². The topological polar surface area (TPSA) is 38.3 Å². The minimum atomic E-state index is -0.387. The third-order valence-electron chi connectivity index (χ3n) is 6.43. The summed E-state index contributed by atoms with van der Waals surface area (Å²) in [6.07, 6.45) is 0. The molecule has 3 nitrogen and oxygen atoms in total. The minimum absolute atomic E-state index is 0.111. The van der Waals surface area contributed by atoms with Crippen LogP contribution in [0.5, 0.6) is 0 Å². The van der Waals surface area contributed by atoms with E-state index in [1.54, 1.807) is 0 Å². The van der Waals surface area contributed by atoms with E-state index >= 15 is 0 Å². The molecule has 3 heteroatoms. The van der Waals surface area contributed by atoms with Gasteiger partial charge in [-0.15, -0.1) is 0 Å². The van der Waals surface area contributed by atoms with Crippen LogP contribution in [0.3, 0.4) is 0 Å². The maximum atomic E-state index is 13.3. The van der Waals surface area contributed by atoms with Gasteiger partial charge in [0.25, 0.3) is 0 Å². The maximum absolute atomic E-state index is 13.3. The summed E-state index contributed by atoms with van der Waals surface area (Å²) >= 11 is 0. The van der Waals surface area contributed by atoms with Crippen LogP contribution in [0.4, 0.5) is 5.69 Å². The van der Waals surface area contributed by atoms with E-state index in [1.165, 1.54) is 29.0 Å². The average molecular weight is 408 g/mol. The standard InChI is InChI=1S/C28H25NO2/c1-18-9-8-14-23-24(18)25(22-16-15-19-10-6-7-13-21(19)17-22)26(28(30)31-2)27(29-23)20-11-4-3-5-12-20/h3-17,25-27,29H,1-2H3/t25-,26+,27+/m1/s1. The van der Waals surface area contributed by atoms with E-state index in [-0.39, 0.29) is 23.8 Å². The van der Waals surface area contributed by atoms with Crippen LogP contribution in [0.25, 0.3) is 10.8 Å². The highest BCUT2D eigenvalue weighted by molar-refractivity contribution is 5.85. The number of anilines is 1. The number of rotatable bonds is 3. The highest BCUT2D eigenvalue weighted by Gasteiger charge is 2.44. The van der Waals surface area contributed by atoms with Crippen molar-refractivity contribution in [2.45, 2.75) is 18.9 Å². The second kappa shape index (κ2) is 7.92. The number of hydrogen-bond donors (Lipinski definition) is 1. The average Bonchev–Trinajstić information content (AvgIpc) is 2.83. The summed E-state index contributed by atoms with van der Waals surface area (Å²) in [5.74, 6) is -0.699. The van der Waals surface area contributed by atoms with Crippen LogP contribution < -0.4 is 5.32 Å². The van der Waals surface area contributed by atoms with Gasteiger partial charge >= 0.3 is 5.97 Å². The molecule has 31 heavy (non-hydrogen) atoms. The van der Waals surface area contributed by atoms with Crippen molar-refractivity contribution in [3.05, 3.63) is 113 Å². The van der Waals surface area contributed by atoms with Gasteiger partial charge in [0.05, 0.1) is 19.1 Å². The number of benzene rings is 4. The fraction of sp³-hybridized carbons (Fsp3) is 0.179. The minimum Gasteiger partial charge on any atom is -0.469 e. The van der Waals surface area contributed by atoms with E-state index in [0.29, 0.717) is 0 Å².